The highest BCUT2D eigenvalue weighted by atomic mass is 19.1. The van der Waals surface area contributed by atoms with E-state index in [9.17, 15) is 9.18 Å². The molecule has 1 unspecified atom stereocenters. The standard InChI is InChI=1S/C37H39FN2O4/c1-23(2)33-32(35(41)39-28-14-10-7-11-15-28)31(25-12-8-6-9-13-25)34(26-16-18-27(38)19-17-26)40(33)21-20-29-24(3)22-30-36(42-29)44-37(4,5)43-30/h6-19,23,29-30,36H,3,20-22H2,1-2,4-5H3,(H,39,41)/t29?,30-,36-/m1/s1. The second kappa shape index (κ2) is 12.2. The van der Waals surface area contributed by atoms with E-state index < -0.39 is 12.1 Å². The number of hydrogen-bond donors (Lipinski definition) is 1. The number of anilines is 1. The molecule has 6 rings (SSSR count). The summed E-state index contributed by atoms with van der Waals surface area (Å²) in [7, 11) is 0. The lowest BCUT2D eigenvalue weighted by molar-refractivity contribution is -0.203. The minimum absolute atomic E-state index is 0.00425. The summed E-state index contributed by atoms with van der Waals surface area (Å²) in [6.45, 7) is 12.9. The molecule has 3 atom stereocenters. The Kier molecular flexibility index (Phi) is 8.29. The molecule has 0 bridgehead atoms. The van der Waals surface area contributed by atoms with Gasteiger partial charge in [0.15, 0.2) is 12.1 Å². The summed E-state index contributed by atoms with van der Waals surface area (Å²) in [5, 5.41) is 3.13. The Morgan fingerprint density at radius 3 is 2.30 bits per heavy atom. The summed E-state index contributed by atoms with van der Waals surface area (Å²) in [5.41, 5.74) is 6.58. The summed E-state index contributed by atoms with van der Waals surface area (Å²) >= 11 is 0. The Morgan fingerprint density at radius 2 is 1.64 bits per heavy atom. The van der Waals surface area contributed by atoms with Gasteiger partial charge in [0.2, 0.25) is 0 Å². The second-order valence-electron chi connectivity index (χ2n) is 12.3. The van der Waals surface area contributed by atoms with Gasteiger partial charge in [-0.15, -0.1) is 0 Å². The van der Waals surface area contributed by atoms with Crippen molar-refractivity contribution in [3.8, 4) is 22.4 Å². The van der Waals surface area contributed by atoms with Crippen molar-refractivity contribution >= 4 is 11.6 Å². The van der Waals surface area contributed by atoms with Crippen LogP contribution in [0.2, 0.25) is 0 Å². The van der Waals surface area contributed by atoms with Crippen molar-refractivity contribution in [2.75, 3.05) is 5.32 Å². The molecule has 3 heterocycles. The topological polar surface area (TPSA) is 61.7 Å². The predicted octanol–water partition coefficient (Wildman–Crippen LogP) is 8.55. The summed E-state index contributed by atoms with van der Waals surface area (Å²) in [5.74, 6) is -1.23. The quantitative estimate of drug-likeness (QED) is 0.208. The number of carbonyl (C=O) groups excluding carboxylic acids is 1. The first kappa shape index (κ1) is 30.0. The Hall–Kier alpha value is -4.04. The third-order valence-electron chi connectivity index (χ3n) is 8.26. The zero-order valence-electron chi connectivity index (χ0n) is 25.7. The van der Waals surface area contributed by atoms with Gasteiger partial charge in [0.05, 0.1) is 17.4 Å². The number of ether oxygens (including phenoxy) is 3. The number of rotatable bonds is 8. The van der Waals surface area contributed by atoms with Gasteiger partial charge in [0, 0.05) is 29.9 Å². The normalized spacial score (nSPS) is 21.0. The number of nitrogens with one attached hydrogen (secondary N) is 1. The molecule has 7 heteroatoms. The Balaban J connectivity index is 1.48. The molecule has 4 aromatic rings. The zero-order chi connectivity index (χ0) is 31.0. The van der Waals surface area contributed by atoms with Gasteiger partial charge in [-0.1, -0.05) is 69.0 Å². The van der Waals surface area contributed by atoms with Crippen LogP contribution in [0.4, 0.5) is 10.1 Å². The molecule has 0 aliphatic carbocycles. The van der Waals surface area contributed by atoms with Gasteiger partial charge < -0.3 is 24.1 Å². The smallest absolute Gasteiger partial charge is 0.258 e. The summed E-state index contributed by atoms with van der Waals surface area (Å²) in [6, 6.07) is 25.9. The molecule has 0 spiro atoms. The van der Waals surface area contributed by atoms with Crippen LogP contribution in [-0.2, 0) is 20.8 Å². The van der Waals surface area contributed by atoms with E-state index >= 15 is 0 Å². The molecule has 1 N–H and O–H groups in total. The number of benzene rings is 3. The van der Waals surface area contributed by atoms with Crippen LogP contribution in [0.15, 0.2) is 97.1 Å². The SMILES string of the molecule is C=C1C[C@H]2OC(C)(C)O[C@H]2OC1CCn1c(-c2ccc(F)cc2)c(-c2ccccc2)c(C(=O)Nc2ccccc2)c1C(C)C. The Labute approximate surface area is 258 Å². The van der Waals surface area contributed by atoms with Crippen LogP contribution in [0.25, 0.3) is 22.4 Å². The summed E-state index contributed by atoms with van der Waals surface area (Å²) in [6.07, 6.45) is 0.381. The van der Waals surface area contributed by atoms with Gasteiger partial charge in [-0.05, 0) is 79.3 Å². The number of hydrogen-bond acceptors (Lipinski definition) is 4. The highest BCUT2D eigenvalue weighted by Gasteiger charge is 2.46. The number of aromatic nitrogens is 1. The fourth-order valence-corrected chi connectivity index (χ4v) is 6.43. The van der Waals surface area contributed by atoms with Crippen LogP contribution in [0.3, 0.4) is 0 Å². The molecule has 2 fully saturated rings. The zero-order valence-corrected chi connectivity index (χ0v) is 25.7. The van der Waals surface area contributed by atoms with Crippen molar-refractivity contribution in [3.05, 3.63) is 114 Å². The first-order valence-corrected chi connectivity index (χ1v) is 15.2. The number of para-hydroxylation sites is 1. The van der Waals surface area contributed by atoms with Crippen molar-refractivity contribution in [3.63, 3.8) is 0 Å². The molecule has 2 aliphatic rings. The maximum absolute atomic E-state index is 14.3. The third kappa shape index (κ3) is 6.00. The van der Waals surface area contributed by atoms with Crippen LogP contribution in [0.1, 0.15) is 62.5 Å². The minimum Gasteiger partial charge on any atom is -0.343 e. The molecule has 2 saturated heterocycles. The maximum Gasteiger partial charge on any atom is 0.258 e. The molecular weight excluding hydrogens is 555 g/mol. The van der Waals surface area contributed by atoms with Gasteiger partial charge >= 0.3 is 0 Å². The van der Waals surface area contributed by atoms with E-state index in [1.165, 1.54) is 12.1 Å². The first-order valence-electron chi connectivity index (χ1n) is 15.2. The molecule has 3 aromatic carbocycles. The Bertz CT molecular complexity index is 1640. The highest BCUT2D eigenvalue weighted by Crippen LogP contribution is 2.44. The molecule has 1 aromatic heterocycles. The van der Waals surface area contributed by atoms with Gasteiger partial charge in [0.1, 0.15) is 11.9 Å². The van der Waals surface area contributed by atoms with Crippen molar-refractivity contribution in [1.29, 1.82) is 0 Å². The largest absolute Gasteiger partial charge is 0.343 e. The van der Waals surface area contributed by atoms with Crippen molar-refractivity contribution < 1.29 is 23.4 Å². The van der Waals surface area contributed by atoms with Crippen LogP contribution in [0, 0.1) is 5.82 Å². The lowest BCUT2D eigenvalue weighted by Gasteiger charge is -2.32. The van der Waals surface area contributed by atoms with E-state index in [2.05, 4.69) is 30.3 Å². The average Bonchev–Trinajstić information content (AvgIpc) is 3.50. The van der Waals surface area contributed by atoms with E-state index in [1.54, 1.807) is 12.1 Å². The van der Waals surface area contributed by atoms with Crippen molar-refractivity contribution in [2.45, 2.75) is 77.3 Å². The van der Waals surface area contributed by atoms with Gasteiger partial charge in [-0.2, -0.15) is 0 Å². The molecular formula is C37H39FN2O4. The number of carbonyl (C=O) groups is 1. The lowest BCUT2D eigenvalue weighted by Crippen LogP contribution is -2.38. The second-order valence-corrected chi connectivity index (χ2v) is 12.3. The maximum atomic E-state index is 14.3. The summed E-state index contributed by atoms with van der Waals surface area (Å²) in [4.78, 5) is 14.3. The average molecular weight is 595 g/mol. The third-order valence-corrected chi connectivity index (χ3v) is 8.26. The van der Waals surface area contributed by atoms with E-state index in [4.69, 9.17) is 14.2 Å². The molecule has 44 heavy (non-hydrogen) atoms. The molecule has 1 amide bonds. The molecule has 0 saturated carbocycles. The van der Waals surface area contributed by atoms with Crippen molar-refractivity contribution in [2.24, 2.45) is 0 Å². The molecule has 0 radical (unpaired) electrons. The first-order chi connectivity index (χ1) is 21.1. The van der Waals surface area contributed by atoms with Crippen LogP contribution >= 0.6 is 0 Å². The highest BCUT2D eigenvalue weighted by molar-refractivity contribution is 6.12. The fourth-order valence-electron chi connectivity index (χ4n) is 6.43. The van der Waals surface area contributed by atoms with E-state index in [0.29, 0.717) is 30.6 Å². The molecule has 2 aliphatic heterocycles. The van der Waals surface area contributed by atoms with E-state index in [1.807, 2.05) is 74.5 Å². The van der Waals surface area contributed by atoms with E-state index in [0.717, 1.165) is 33.7 Å². The summed E-state index contributed by atoms with van der Waals surface area (Å²) < 4.78 is 34.9. The number of nitrogens with zero attached hydrogens (tertiary/aromatic N) is 1. The van der Waals surface area contributed by atoms with Crippen LogP contribution < -0.4 is 5.32 Å². The van der Waals surface area contributed by atoms with Crippen LogP contribution in [-0.4, -0.2) is 34.8 Å². The van der Waals surface area contributed by atoms with E-state index in [-0.39, 0.29) is 29.9 Å². The van der Waals surface area contributed by atoms with Crippen molar-refractivity contribution in [1.82, 2.24) is 4.57 Å². The monoisotopic (exact) mass is 594 g/mol. The minimum atomic E-state index is -0.711. The van der Waals surface area contributed by atoms with Gasteiger partial charge in [-0.25, -0.2) is 4.39 Å². The van der Waals surface area contributed by atoms with Crippen LogP contribution in [0.5, 0.6) is 0 Å². The fraction of sp³-hybridized carbons (Fsp3) is 0.324. The number of halogens is 1. The molecule has 6 nitrogen and oxygen atoms in total. The molecule has 228 valence electrons. The number of amides is 1. The van der Waals surface area contributed by atoms with Gasteiger partial charge in [-0.3, -0.25) is 4.79 Å². The van der Waals surface area contributed by atoms with Gasteiger partial charge in [0.25, 0.3) is 5.91 Å². The number of fused-ring (bicyclic) bond motifs is 1. The lowest BCUT2D eigenvalue weighted by atomic mass is 9.94. The Morgan fingerprint density at radius 1 is 0.977 bits per heavy atom. The predicted molar refractivity (Wildman–Crippen MR) is 171 cm³/mol.